The maximum Gasteiger partial charge on any atom is 0.338 e. The number of para-hydroxylation sites is 1. The lowest BCUT2D eigenvalue weighted by Crippen LogP contribution is -2.21. The first-order chi connectivity index (χ1) is 13.2. The molecule has 1 N–H and O–H groups in total. The van der Waals surface area contributed by atoms with E-state index in [0.29, 0.717) is 11.3 Å². The number of nitriles is 1. The van der Waals surface area contributed by atoms with Crippen molar-refractivity contribution in [2.24, 2.45) is 0 Å². The second-order valence-electron chi connectivity index (χ2n) is 5.73. The van der Waals surface area contributed by atoms with Crippen LogP contribution in [0.1, 0.15) is 15.9 Å². The van der Waals surface area contributed by atoms with Crippen molar-refractivity contribution in [3.8, 4) is 17.2 Å². The summed E-state index contributed by atoms with van der Waals surface area (Å²) in [7, 11) is 0. The van der Waals surface area contributed by atoms with Gasteiger partial charge in [0.2, 0.25) is 0 Å². The standard InChI is InChI=1S/C22H16N2O3/c23-14-16-10-12-18(13-11-16)22(26)27-15-21(25)24-20-9-5-4-8-19(20)17-6-2-1-3-7-17/h1-13H,15H2,(H,24,25). The number of nitrogens with zero attached hydrogens (tertiary/aromatic N) is 1. The molecule has 0 radical (unpaired) electrons. The minimum atomic E-state index is -0.619. The topological polar surface area (TPSA) is 79.2 Å². The van der Waals surface area contributed by atoms with Gasteiger partial charge in [-0.3, -0.25) is 4.79 Å². The molecule has 0 aromatic heterocycles. The molecule has 5 nitrogen and oxygen atoms in total. The van der Waals surface area contributed by atoms with Gasteiger partial charge < -0.3 is 10.1 Å². The van der Waals surface area contributed by atoms with E-state index in [0.717, 1.165) is 11.1 Å². The normalized spacial score (nSPS) is 9.89. The Morgan fingerprint density at radius 3 is 2.26 bits per heavy atom. The van der Waals surface area contributed by atoms with E-state index in [9.17, 15) is 9.59 Å². The Morgan fingerprint density at radius 1 is 0.889 bits per heavy atom. The first-order valence-electron chi connectivity index (χ1n) is 8.29. The summed E-state index contributed by atoms with van der Waals surface area (Å²) in [5.41, 5.74) is 3.23. The minimum absolute atomic E-state index is 0.284. The van der Waals surface area contributed by atoms with Crippen LogP contribution in [0.2, 0.25) is 0 Å². The van der Waals surface area contributed by atoms with Crippen molar-refractivity contribution in [1.29, 1.82) is 5.26 Å². The maximum absolute atomic E-state index is 12.2. The molecule has 1 amide bonds. The van der Waals surface area contributed by atoms with Crippen LogP contribution < -0.4 is 5.32 Å². The predicted molar refractivity (Wildman–Crippen MR) is 102 cm³/mol. The number of hydrogen-bond acceptors (Lipinski definition) is 4. The summed E-state index contributed by atoms with van der Waals surface area (Å²) in [5, 5.41) is 11.5. The van der Waals surface area contributed by atoms with E-state index in [1.165, 1.54) is 24.3 Å². The highest BCUT2D eigenvalue weighted by Gasteiger charge is 2.12. The molecular formula is C22H16N2O3. The molecule has 27 heavy (non-hydrogen) atoms. The van der Waals surface area contributed by atoms with E-state index in [-0.39, 0.29) is 5.56 Å². The van der Waals surface area contributed by atoms with Gasteiger partial charge >= 0.3 is 5.97 Å². The number of rotatable bonds is 5. The van der Waals surface area contributed by atoms with Gasteiger partial charge in [0.15, 0.2) is 6.61 Å². The largest absolute Gasteiger partial charge is 0.452 e. The fraction of sp³-hybridized carbons (Fsp3) is 0.0455. The van der Waals surface area contributed by atoms with Crippen molar-refractivity contribution >= 4 is 17.6 Å². The van der Waals surface area contributed by atoms with Crippen LogP contribution in [0.5, 0.6) is 0 Å². The van der Waals surface area contributed by atoms with Crippen LogP contribution in [0, 0.1) is 11.3 Å². The Labute approximate surface area is 156 Å². The fourth-order valence-electron chi connectivity index (χ4n) is 2.54. The lowest BCUT2D eigenvalue weighted by molar-refractivity contribution is -0.119. The second kappa shape index (κ2) is 8.45. The number of benzene rings is 3. The molecule has 0 atom stereocenters. The van der Waals surface area contributed by atoms with Gasteiger partial charge in [0.1, 0.15) is 0 Å². The summed E-state index contributed by atoms with van der Waals surface area (Å²) < 4.78 is 5.05. The third-order valence-electron chi connectivity index (χ3n) is 3.87. The third kappa shape index (κ3) is 4.59. The summed E-state index contributed by atoms with van der Waals surface area (Å²) in [6.07, 6.45) is 0. The molecule has 3 rings (SSSR count). The number of anilines is 1. The van der Waals surface area contributed by atoms with E-state index in [2.05, 4.69) is 5.32 Å². The van der Waals surface area contributed by atoms with E-state index in [1.807, 2.05) is 54.6 Å². The molecule has 132 valence electrons. The average molecular weight is 356 g/mol. The van der Waals surface area contributed by atoms with Crippen LogP contribution in [-0.4, -0.2) is 18.5 Å². The van der Waals surface area contributed by atoms with Crippen molar-refractivity contribution in [1.82, 2.24) is 0 Å². The van der Waals surface area contributed by atoms with Crippen molar-refractivity contribution in [3.05, 3.63) is 90.0 Å². The quantitative estimate of drug-likeness (QED) is 0.700. The van der Waals surface area contributed by atoms with Crippen molar-refractivity contribution in [2.45, 2.75) is 0 Å². The molecule has 0 unspecified atom stereocenters. The molecule has 0 spiro atoms. The summed E-state index contributed by atoms with van der Waals surface area (Å²) in [6, 6.07) is 25.1. The van der Waals surface area contributed by atoms with Crippen molar-refractivity contribution < 1.29 is 14.3 Å². The molecular weight excluding hydrogens is 340 g/mol. The smallest absolute Gasteiger partial charge is 0.338 e. The molecule has 5 heteroatoms. The van der Waals surface area contributed by atoms with Gasteiger partial charge in [-0.1, -0.05) is 48.5 Å². The molecule has 0 saturated carbocycles. The Kier molecular flexibility index (Phi) is 5.60. The zero-order valence-electron chi connectivity index (χ0n) is 14.4. The highest BCUT2D eigenvalue weighted by molar-refractivity contribution is 5.98. The second-order valence-corrected chi connectivity index (χ2v) is 5.73. The Balaban J connectivity index is 1.63. The number of amides is 1. The number of hydrogen-bond donors (Lipinski definition) is 1. The molecule has 0 fully saturated rings. The molecule has 0 aliphatic heterocycles. The Hall–Kier alpha value is -3.91. The average Bonchev–Trinajstić information content (AvgIpc) is 2.73. The highest BCUT2D eigenvalue weighted by Crippen LogP contribution is 2.27. The van der Waals surface area contributed by atoms with Gasteiger partial charge in [0, 0.05) is 11.3 Å². The van der Waals surface area contributed by atoms with E-state index in [1.54, 1.807) is 6.07 Å². The maximum atomic E-state index is 12.2. The first kappa shape index (κ1) is 17.9. The van der Waals surface area contributed by atoms with Gasteiger partial charge in [-0.2, -0.15) is 5.26 Å². The molecule has 0 bridgehead atoms. The molecule has 0 aliphatic rings. The van der Waals surface area contributed by atoms with Crippen LogP contribution in [0.4, 0.5) is 5.69 Å². The molecule has 3 aromatic rings. The molecule has 0 heterocycles. The Morgan fingerprint density at radius 2 is 1.56 bits per heavy atom. The lowest BCUT2D eigenvalue weighted by Gasteiger charge is -2.11. The fourth-order valence-corrected chi connectivity index (χ4v) is 2.54. The van der Waals surface area contributed by atoms with Crippen LogP contribution in [-0.2, 0) is 9.53 Å². The number of ether oxygens (including phenoxy) is 1. The van der Waals surface area contributed by atoms with E-state index in [4.69, 9.17) is 10.00 Å². The SMILES string of the molecule is N#Cc1ccc(C(=O)OCC(=O)Nc2ccccc2-c2ccccc2)cc1. The Bertz CT molecular complexity index is 990. The van der Waals surface area contributed by atoms with Crippen molar-refractivity contribution in [3.63, 3.8) is 0 Å². The number of carbonyl (C=O) groups excluding carboxylic acids is 2. The molecule has 0 aliphatic carbocycles. The predicted octanol–water partition coefficient (Wildman–Crippen LogP) is 4.02. The summed E-state index contributed by atoms with van der Waals surface area (Å²) in [6.45, 7) is -0.401. The summed E-state index contributed by atoms with van der Waals surface area (Å²) in [4.78, 5) is 24.2. The summed E-state index contributed by atoms with van der Waals surface area (Å²) in [5.74, 6) is -1.05. The minimum Gasteiger partial charge on any atom is -0.452 e. The highest BCUT2D eigenvalue weighted by atomic mass is 16.5. The van der Waals surface area contributed by atoms with E-state index < -0.39 is 18.5 Å². The zero-order valence-corrected chi connectivity index (χ0v) is 14.4. The number of nitrogens with one attached hydrogen (secondary N) is 1. The first-order valence-corrected chi connectivity index (χ1v) is 8.29. The summed E-state index contributed by atoms with van der Waals surface area (Å²) >= 11 is 0. The van der Waals surface area contributed by atoms with Gasteiger partial charge in [-0.15, -0.1) is 0 Å². The van der Waals surface area contributed by atoms with Gasteiger partial charge in [-0.25, -0.2) is 4.79 Å². The zero-order chi connectivity index (χ0) is 19.1. The monoisotopic (exact) mass is 356 g/mol. The van der Waals surface area contributed by atoms with Gasteiger partial charge in [0.05, 0.1) is 17.2 Å². The van der Waals surface area contributed by atoms with Crippen LogP contribution in [0.15, 0.2) is 78.9 Å². The molecule has 0 saturated heterocycles. The third-order valence-corrected chi connectivity index (χ3v) is 3.87. The van der Waals surface area contributed by atoms with Crippen LogP contribution in [0.25, 0.3) is 11.1 Å². The number of esters is 1. The van der Waals surface area contributed by atoms with Gasteiger partial charge in [-0.05, 0) is 35.9 Å². The molecule has 3 aromatic carbocycles. The lowest BCUT2D eigenvalue weighted by atomic mass is 10.0. The number of carbonyl (C=O) groups is 2. The van der Waals surface area contributed by atoms with Crippen LogP contribution >= 0.6 is 0 Å². The van der Waals surface area contributed by atoms with Crippen molar-refractivity contribution in [2.75, 3.05) is 11.9 Å². The van der Waals surface area contributed by atoms with E-state index >= 15 is 0 Å². The van der Waals surface area contributed by atoms with Crippen LogP contribution in [0.3, 0.4) is 0 Å². The van der Waals surface area contributed by atoms with Gasteiger partial charge in [0.25, 0.3) is 5.91 Å².